The van der Waals surface area contributed by atoms with Gasteiger partial charge in [0.15, 0.2) is 5.65 Å². The average molecular weight is 348 g/mol. The van der Waals surface area contributed by atoms with Crippen molar-refractivity contribution in [2.24, 2.45) is 4.99 Å². The highest BCUT2D eigenvalue weighted by molar-refractivity contribution is 5.99. The zero-order valence-electron chi connectivity index (χ0n) is 14.6. The molecular formula is C19H20N6O. The summed E-state index contributed by atoms with van der Waals surface area (Å²) in [6.07, 6.45) is 6.97. The number of benzene rings is 1. The SMILES string of the molecule is COC1(Cc2cnc3c(cnn3-c3cccc(C4=NCNN4)c3)c2)CC1. The third-order valence-corrected chi connectivity index (χ3v) is 5.12. The van der Waals surface area contributed by atoms with E-state index >= 15 is 0 Å². The third-order valence-electron chi connectivity index (χ3n) is 5.12. The molecule has 0 radical (unpaired) electrons. The van der Waals surface area contributed by atoms with Gasteiger partial charge in [-0.15, -0.1) is 0 Å². The van der Waals surface area contributed by atoms with Crippen molar-refractivity contribution in [1.29, 1.82) is 0 Å². The first-order valence-electron chi connectivity index (χ1n) is 8.78. The number of hydrogen-bond acceptors (Lipinski definition) is 6. The Morgan fingerprint density at radius 2 is 2.15 bits per heavy atom. The summed E-state index contributed by atoms with van der Waals surface area (Å²) >= 11 is 0. The topological polar surface area (TPSA) is 76.4 Å². The van der Waals surface area contributed by atoms with E-state index in [2.05, 4.69) is 38.1 Å². The molecule has 132 valence electrons. The maximum absolute atomic E-state index is 5.63. The van der Waals surface area contributed by atoms with E-state index in [-0.39, 0.29) is 5.60 Å². The average Bonchev–Trinajstić information content (AvgIpc) is 3.10. The first-order chi connectivity index (χ1) is 12.8. The Hall–Kier alpha value is -2.77. The van der Waals surface area contributed by atoms with Gasteiger partial charge in [-0.25, -0.2) is 20.1 Å². The standard InChI is InChI=1S/C19H20N6O/c1-26-19(5-6-19)9-13-7-15-11-23-25(18(15)20-10-13)16-4-2-3-14(8-16)17-21-12-22-24-17/h2-4,7-8,10-11,22H,5-6,9,12H2,1H3,(H,21,24). The molecule has 0 atom stereocenters. The summed E-state index contributed by atoms with van der Waals surface area (Å²) in [6.45, 7) is 0.581. The molecule has 26 heavy (non-hydrogen) atoms. The first-order valence-corrected chi connectivity index (χ1v) is 8.78. The fourth-order valence-electron chi connectivity index (χ4n) is 3.45. The van der Waals surface area contributed by atoms with Gasteiger partial charge in [-0.3, -0.25) is 0 Å². The highest BCUT2D eigenvalue weighted by Crippen LogP contribution is 2.41. The summed E-state index contributed by atoms with van der Waals surface area (Å²) < 4.78 is 7.50. The van der Waals surface area contributed by atoms with Crippen molar-refractivity contribution in [2.45, 2.75) is 24.9 Å². The number of hydrogen-bond donors (Lipinski definition) is 2. The number of methoxy groups -OCH3 is 1. The lowest BCUT2D eigenvalue weighted by molar-refractivity contribution is 0.0807. The Kier molecular flexibility index (Phi) is 3.51. The van der Waals surface area contributed by atoms with Crippen molar-refractivity contribution in [3.05, 3.63) is 53.9 Å². The molecule has 0 saturated heterocycles. The van der Waals surface area contributed by atoms with E-state index in [0.29, 0.717) is 6.67 Å². The minimum absolute atomic E-state index is 0.0305. The van der Waals surface area contributed by atoms with Crippen LogP contribution in [-0.2, 0) is 11.2 Å². The maximum Gasteiger partial charge on any atom is 0.162 e. The smallest absolute Gasteiger partial charge is 0.162 e. The molecular weight excluding hydrogens is 328 g/mol. The maximum atomic E-state index is 5.63. The van der Waals surface area contributed by atoms with Gasteiger partial charge in [-0.05, 0) is 36.6 Å². The molecule has 1 fully saturated rings. The second kappa shape index (κ2) is 5.89. The van der Waals surface area contributed by atoms with Gasteiger partial charge in [-0.2, -0.15) is 5.10 Å². The molecule has 0 bridgehead atoms. The van der Waals surface area contributed by atoms with Crippen LogP contribution in [0.5, 0.6) is 0 Å². The molecule has 5 rings (SSSR count). The van der Waals surface area contributed by atoms with Crippen LogP contribution >= 0.6 is 0 Å². The fourth-order valence-corrected chi connectivity index (χ4v) is 3.45. The van der Waals surface area contributed by atoms with E-state index in [1.54, 1.807) is 7.11 Å². The van der Waals surface area contributed by atoms with Crippen molar-refractivity contribution in [2.75, 3.05) is 13.8 Å². The largest absolute Gasteiger partial charge is 0.378 e. The van der Waals surface area contributed by atoms with E-state index in [4.69, 9.17) is 4.74 Å². The van der Waals surface area contributed by atoms with E-state index in [1.165, 1.54) is 5.56 Å². The number of aromatic nitrogens is 3. The quantitative estimate of drug-likeness (QED) is 0.737. The van der Waals surface area contributed by atoms with E-state index in [0.717, 1.165) is 47.4 Å². The molecule has 1 aliphatic heterocycles. The lowest BCUT2D eigenvalue weighted by atomic mass is 10.1. The van der Waals surface area contributed by atoms with Crippen molar-refractivity contribution in [1.82, 2.24) is 25.6 Å². The fraction of sp³-hybridized carbons (Fsp3) is 0.316. The molecule has 2 N–H and O–H groups in total. The number of rotatable bonds is 5. The van der Waals surface area contributed by atoms with Gasteiger partial charge in [-0.1, -0.05) is 12.1 Å². The molecule has 2 aromatic heterocycles. The molecule has 1 aromatic carbocycles. The Bertz CT molecular complexity index is 1000. The van der Waals surface area contributed by atoms with Crippen LogP contribution < -0.4 is 10.9 Å². The number of hydrazine groups is 1. The number of nitrogens with zero attached hydrogens (tertiary/aromatic N) is 4. The molecule has 1 saturated carbocycles. The van der Waals surface area contributed by atoms with Crippen LogP contribution in [0.4, 0.5) is 0 Å². The number of aliphatic imine (C=N–C) groups is 1. The number of pyridine rings is 1. The minimum atomic E-state index is 0.0305. The summed E-state index contributed by atoms with van der Waals surface area (Å²) in [5.74, 6) is 0.841. The van der Waals surface area contributed by atoms with Gasteiger partial charge in [0, 0.05) is 30.7 Å². The van der Waals surface area contributed by atoms with Gasteiger partial charge >= 0.3 is 0 Å². The second-order valence-electron chi connectivity index (χ2n) is 6.89. The Morgan fingerprint density at radius 3 is 2.92 bits per heavy atom. The van der Waals surface area contributed by atoms with Crippen LogP contribution in [0.15, 0.2) is 47.7 Å². The Balaban J connectivity index is 1.49. The molecule has 7 nitrogen and oxygen atoms in total. The molecule has 0 unspecified atom stereocenters. The summed E-state index contributed by atoms with van der Waals surface area (Å²) in [7, 11) is 1.79. The molecule has 0 spiro atoms. The van der Waals surface area contributed by atoms with Crippen LogP contribution in [0, 0.1) is 0 Å². The summed E-state index contributed by atoms with van der Waals surface area (Å²) in [4.78, 5) is 9.07. The predicted molar refractivity (Wildman–Crippen MR) is 99.2 cm³/mol. The van der Waals surface area contributed by atoms with Gasteiger partial charge in [0.2, 0.25) is 0 Å². The molecule has 3 heterocycles. The normalized spacial score (nSPS) is 18.0. The second-order valence-corrected chi connectivity index (χ2v) is 6.89. The predicted octanol–water partition coefficient (Wildman–Crippen LogP) is 1.95. The third kappa shape index (κ3) is 2.65. The van der Waals surface area contributed by atoms with E-state index in [1.807, 2.05) is 35.3 Å². The van der Waals surface area contributed by atoms with Gasteiger partial charge in [0.05, 0.1) is 17.5 Å². The van der Waals surface area contributed by atoms with Crippen molar-refractivity contribution < 1.29 is 4.74 Å². The first kappa shape index (κ1) is 15.5. The number of nitrogens with one attached hydrogen (secondary N) is 2. The van der Waals surface area contributed by atoms with Gasteiger partial charge in [0.25, 0.3) is 0 Å². The van der Waals surface area contributed by atoms with Crippen molar-refractivity contribution in [3.63, 3.8) is 0 Å². The highest BCUT2D eigenvalue weighted by Gasteiger charge is 2.42. The summed E-state index contributed by atoms with van der Waals surface area (Å²) in [6, 6.07) is 10.3. The van der Waals surface area contributed by atoms with Crippen LogP contribution in [0.3, 0.4) is 0 Å². The Labute approximate surface area is 151 Å². The minimum Gasteiger partial charge on any atom is -0.378 e. The highest BCUT2D eigenvalue weighted by atomic mass is 16.5. The van der Waals surface area contributed by atoms with Crippen LogP contribution in [0.1, 0.15) is 24.0 Å². The van der Waals surface area contributed by atoms with Gasteiger partial charge in [0.1, 0.15) is 12.5 Å². The van der Waals surface area contributed by atoms with Crippen LogP contribution in [-0.4, -0.2) is 40.0 Å². The Morgan fingerprint density at radius 1 is 1.23 bits per heavy atom. The summed E-state index contributed by atoms with van der Waals surface area (Å²) in [5.41, 5.74) is 10.1. The molecule has 3 aromatic rings. The molecule has 2 aliphatic rings. The lowest BCUT2D eigenvalue weighted by Crippen LogP contribution is -2.30. The zero-order chi connectivity index (χ0) is 17.6. The lowest BCUT2D eigenvalue weighted by Gasteiger charge is -2.12. The molecule has 0 amide bonds. The monoisotopic (exact) mass is 348 g/mol. The molecule has 1 aliphatic carbocycles. The van der Waals surface area contributed by atoms with Crippen molar-refractivity contribution >= 4 is 16.9 Å². The van der Waals surface area contributed by atoms with Crippen LogP contribution in [0.2, 0.25) is 0 Å². The zero-order valence-corrected chi connectivity index (χ0v) is 14.6. The van der Waals surface area contributed by atoms with Gasteiger partial charge < -0.3 is 10.2 Å². The van der Waals surface area contributed by atoms with E-state index in [9.17, 15) is 0 Å². The summed E-state index contributed by atoms with van der Waals surface area (Å²) in [5, 5.41) is 5.59. The number of ether oxygens (including phenoxy) is 1. The molecule has 7 heteroatoms. The van der Waals surface area contributed by atoms with Crippen molar-refractivity contribution in [3.8, 4) is 5.69 Å². The van der Waals surface area contributed by atoms with E-state index < -0.39 is 0 Å². The van der Waals surface area contributed by atoms with Crippen LogP contribution in [0.25, 0.3) is 16.7 Å². The number of amidine groups is 1. The number of fused-ring (bicyclic) bond motifs is 1.